The lowest BCUT2D eigenvalue weighted by molar-refractivity contribution is 0.591. The number of aromatic nitrogens is 1. The molecule has 1 aromatic heterocycles. The SMILES string of the molecule is Cc1ccc(Cl)cc1S(=O)(=O)N1CCc2cc(-c3ccncc3)ccc21. The zero-order valence-electron chi connectivity index (χ0n) is 14.2. The second-order valence-corrected chi connectivity index (χ2v) is 8.58. The highest BCUT2D eigenvalue weighted by atomic mass is 35.5. The van der Waals surface area contributed by atoms with Crippen molar-refractivity contribution in [1.82, 2.24) is 4.98 Å². The van der Waals surface area contributed by atoms with E-state index in [2.05, 4.69) is 11.1 Å². The van der Waals surface area contributed by atoms with Crippen molar-refractivity contribution >= 4 is 27.3 Å². The first kappa shape index (κ1) is 17.1. The Hall–Kier alpha value is -2.37. The van der Waals surface area contributed by atoms with Crippen LogP contribution in [0.4, 0.5) is 5.69 Å². The van der Waals surface area contributed by atoms with Crippen LogP contribution in [0, 0.1) is 6.92 Å². The topological polar surface area (TPSA) is 50.3 Å². The molecular formula is C20H17ClN2O2S. The summed E-state index contributed by atoms with van der Waals surface area (Å²) >= 11 is 6.03. The van der Waals surface area contributed by atoms with E-state index in [-0.39, 0.29) is 4.90 Å². The molecule has 3 aromatic rings. The van der Waals surface area contributed by atoms with Gasteiger partial charge in [-0.15, -0.1) is 0 Å². The Labute approximate surface area is 158 Å². The van der Waals surface area contributed by atoms with Crippen LogP contribution in [0.5, 0.6) is 0 Å². The molecule has 0 spiro atoms. The summed E-state index contributed by atoms with van der Waals surface area (Å²) in [6, 6.07) is 14.7. The number of halogens is 1. The highest BCUT2D eigenvalue weighted by Gasteiger charge is 2.32. The maximum absolute atomic E-state index is 13.2. The van der Waals surface area contributed by atoms with Crippen LogP contribution in [-0.2, 0) is 16.4 Å². The van der Waals surface area contributed by atoms with Crippen molar-refractivity contribution in [3.63, 3.8) is 0 Å². The summed E-state index contributed by atoms with van der Waals surface area (Å²) in [7, 11) is -3.64. The zero-order valence-corrected chi connectivity index (χ0v) is 15.8. The minimum atomic E-state index is -3.64. The summed E-state index contributed by atoms with van der Waals surface area (Å²) in [5.74, 6) is 0. The molecule has 0 saturated carbocycles. The van der Waals surface area contributed by atoms with E-state index in [1.807, 2.05) is 24.3 Å². The van der Waals surface area contributed by atoms with Crippen LogP contribution in [0.1, 0.15) is 11.1 Å². The van der Waals surface area contributed by atoms with Gasteiger partial charge in [0.15, 0.2) is 0 Å². The quantitative estimate of drug-likeness (QED) is 0.669. The Morgan fingerprint density at radius 2 is 1.77 bits per heavy atom. The predicted molar refractivity (Wildman–Crippen MR) is 104 cm³/mol. The fourth-order valence-electron chi connectivity index (χ4n) is 3.32. The fraction of sp³-hybridized carbons (Fsp3) is 0.150. The standard InChI is InChI=1S/C20H17ClN2O2S/c1-14-2-4-18(21)13-20(14)26(24,25)23-11-8-17-12-16(3-5-19(17)23)15-6-9-22-10-7-15/h2-7,9-10,12-13H,8,11H2,1H3. The molecule has 0 atom stereocenters. The normalized spacial score (nSPS) is 13.7. The maximum atomic E-state index is 13.2. The molecule has 0 aliphatic carbocycles. The number of anilines is 1. The first-order valence-electron chi connectivity index (χ1n) is 8.29. The number of hydrogen-bond donors (Lipinski definition) is 0. The first-order valence-corrected chi connectivity index (χ1v) is 10.1. The van der Waals surface area contributed by atoms with Crippen LogP contribution >= 0.6 is 11.6 Å². The molecule has 0 saturated heterocycles. The zero-order chi connectivity index (χ0) is 18.3. The molecule has 2 aromatic carbocycles. The van der Waals surface area contributed by atoms with Crippen molar-refractivity contribution in [2.24, 2.45) is 0 Å². The lowest BCUT2D eigenvalue weighted by Gasteiger charge is -2.21. The Kier molecular flexibility index (Phi) is 4.21. The molecule has 0 radical (unpaired) electrons. The summed E-state index contributed by atoms with van der Waals surface area (Å²) in [5.41, 5.74) is 4.58. The first-order chi connectivity index (χ1) is 12.5. The number of pyridine rings is 1. The fourth-order valence-corrected chi connectivity index (χ4v) is 5.31. The van der Waals surface area contributed by atoms with E-state index in [1.165, 1.54) is 10.4 Å². The molecule has 0 N–H and O–H groups in total. The third-order valence-corrected chi connectivity index (χ3v) is 6.85. The Balaban J connectivity index is 1.75. The minimum Gasteiger partial charge on any atom is -0.266 e. The van der Waals surface area contributed by atoms with E-state index in [4.69, 9.17) is 11.6 Å². The van der Waals surface area contributed by atoms with E-state index in [1.54, 1.807) is 31.5 Å². The number of aryl methyl sites for hydroxylation is 1. The van der Waals surface area contributed by atoms with Crippen LogP contribution in [0.25, 0.3) is 11.1 Å². The summed E-state index contributed by atoms with van der Waals surface area (Å²) in [6.07, 6.45) is 4.19. The molecule has 1 aliphatic rings. The number of benzene rings is 2. The van der Waals surface area contributed by atoms with E-state index < -0.39 is 10.0 Å². The molecule has 0 amide bonds. The van der Waals surface area contributed by atoms with Gasteiger partial charge in [-0.3, -0.25) is 9.29 Å². The van der Waals surface area contributed by atoms with Gasteiger partial charge in [0.05, 0.1) is 10.6 Å². The molecular weight excluding hydrogens is 368 g/mol. The van der Waals surface area contributed by atoms with Crippen molar-refractivity contribution in [3.05, 3.63) is 77.1 Å². The molecule has 132 valence electrons. The lowest BCUT2D eigenvalue weighted by Crippen LogP contribution is -2.29. The third kappa shape index (κ3) is 2.87. The highest BCUT2D eigenvalue weighted by Crippen LogP contribution is 2.36. The van der Waals surface area contributed by atoms with Gasteiger partial charge in [0.2, 0.25) is 0 Å². The van der Waals surface area contributed by atoms with Crippen LogP contribution < -0.4 is 4.31 Å². The average Bonchev–Trinajstić information content (AvgIpc) is 3.08. The minimum absolute atomic E-state index is 0.260. The smallest absolute Gasteiger partial charge is 0.264 e. The van der Waals surface area contributed by atoms with E-state index in [0.29, 0.717) is 23.6 Å². The van der Waals surface area contributed by atoms with Gasteiger partial charge in [0, 0.05) is 24.0 Å². The lowest BCUT2D eigenvalue weighted by atomic mass is 10.0. The second-order valence-electron chi connectivity index (χ2n) is 6.32. The third-order valence-electron chi connectivity index (χ3n) is 4.66. The van der Waals surface area contributed by atoms with Crippen LogP contribution in [0.2, 0.25) is 5.02 Å². The number of sulfonamides is 1. The van der Waals surface area contributed by atoms with Crippen LogP contribution in [-0.4, -0.2) is 19.9 Å². The predicted octanol–water partition coefficient (Wildman–Crippen LogP) is 4.46. The van der Waals surface area contributed by atoms with Crippen LogP contribution in [0.3, 0.4) is 0 Å². The molecule has 0 fully saturated rings. The van der Waals surface area contributed by atoms with Crippen molar-refractivity contribution in [3.8, 4) is 11.1 Å². The molecule has 4 rings (SSSR count). The molecule has 1 aliphatic heterocycles. The van der Waals surface area contributed by atoms with Crippen molar-refractivity contribution in [1.29, 1.82) is 0 Å². The molecule has 0 bridgehead atoms. The van der Waals surface area contributed by atoms with Gasteiger partial charge >= 0.3 is 0 Å². The van der Waals surface area contributed by atoms with Crippen molar-refractivity contribution < 1.29 is 8.42 Å². The monoisotopic (exact) mass is 384 g/mol. The number of fused-ring (bicyclic) bond motifs is 1. The van der Waals surface area contributed by atoms with E-state index in [9.17, 15) is 8.42 Å². The van der Waals surface area contributed by atoms with E-state index >= 15 is 0 Å². The van der Waals surface area contributed by atoms with Crippen LogP contribution in [0.15, 0.2) is 65.8 Å². The Morgan fingerprint density at radius 1 is 1.00 bits per heavy atom. The number of nitrogens with zero attached hydrogens (tertiary/aromatic N) is 2. The summed E-state index contributed by atoms with van der Waals surface area (Å²) in [5, 5.41) is 0.418. The summed E-state index contributed by atoms with van der Waals surface area (Å²) < 4.78 is 27.9. The summed E-state index contributed by atoms with van der Waals surface area (Å²) in [6.45, 7) is 2.22. The number of hydrogen-bond acceptors (Lipinski definition) is 3. The van der Waals surface area contributed by atoms with Gasteiger partial charge in [0.1, 0.15) is 0 Å². The second kappa shape index (κ2) is 6.41. The average molecular weight is 385 g/mol. The van der Waals surface area contributed by atoms with Gasteiger partial charge in [-0.2, -0.15) is 0 Å². The van der Waals surface area contributed by atoms with Gasteiger partial charge in [-0.25, -0.2) is 8.42 Å². The van der Waals surface area contributed by atoms with Gasteiger partial charge in [-0.1, -0.05) is 23.7 Å². The highest BCUT2D eigenvalue weighted by molar-refractivity contribution is 7.93. The summed E-state index contributed by atoms with van der Waals surface area (Å²) in [4.78, 5) is 4.30. The van der Waals surface area contributed by atoms with Crippen molar-refractivity contribution in [2.45, 2.75) is 18.2 Å². The van der Waals surface area contributed by atoms with Gasteiger partial charge in [0.25, 0.3) is 10.0 Å². The molecule has 26 heavy (non-hydrogen) atoms. The van der Waals surface area contributed by atoms with Gasteiger partial charge < -0.3 is 0 Å². The molecule has 2 heterocycles. The molecule has 0 unspecified atom stereocenters. The maximum Gasteiger partial charge on any atom is 0.264 e. The molecule has 4 nitrogen and oxygen atoms in total. The Bertz CT molecular complexity index is 1080. The molecule has 6 heteroatoms. The largest absolute Gasteiger partial charge is 0.266 e. The van der Waals surface area contributed by atoms with Gasteiger partial charge in [-0.05, 0) is 72.0 Å². The van der Waals surface area contributed by atoms with Crippen molar-refractivity contribution in [2.75, 3.05) is 10.8 Å². The number of rotatable bonds is 3. The Morgan fingerprint density at radius 3 is 2.54 bits per heavy atom. The van der Waals surface area contributed by atoms with E-state index in [0.717, 1.165) is 22.4 Å².